The Morgan fingerprint density at radius 1 is 1.25 bits per heavy atom. The first-order valence-corrected chi connectivity index (χ1v) is 9.03. The van der Waals surface area contributed by atoms with Gasteiger partial charge in [-0.2, -0.15) is 5.26 Å². The van der Waals surface area contributed by atoms with Crippen molar-refractivity contribution < 1.29 is 4.43 Å². The summed E-state index contributed by atoms with van der Waals surface area (Å²) in [6.07, 6.45) is 0.601. The van der Waals surface area contributed by atoms with Gasteiger partial charge in [0.25, 0.3) is 0 Å². The van der Waals surface area contributed by atoms with Crippen molar-refractivity contribution in [2.24, 2.45) is 0 Å². The van der Waals surface area contributed by atoms with Crippen LogP contribution in [0.4, 0.5) is 0 Å². The quantitative estimate of drug-likeness (QED) is 0.743. The van der Waals surface area contributed by atoms with Gasteiger partial charge in [0.15, 0.2) is 14.4 Å². The van der Waals surface area contributed by atoms with Gasteiger partial charge >= 0.3 is 0 Å². The van der Waals surface area contributed by atoms with Crippen LogP contribution < -0.4 is 0 Å². The van der Waals surface area contributed by atoms with Crippen LogP contribution in [0.5, 0.6) is 0 Å². The van der Waals surface area contributed by atoms with Crippen molar-refractivity contribution in [2.45, 2.75) is 39.1 Å². The zero-order valence-electron chi connectivity index (χ0n) is 10.4. The molecule has 0 aliphatic heterocycles. The Balaban J connectivity index is 2.84. The Labute approximate surface area is 99.0 Å². The van der Waals surface area contributed by atoms with Crippen molar-refractivity contribution in [1.82, 2.24) is 0 Å². The molecular weight excluding hydrogens is 214 g/mol. The highest BCUT2D eigenvalue weighted by atomic mass is 28.4. The number of nitrogens with zero attached hydrogens (tertiary/aromatic N) is 1. The second kappa shape index (κ2) is 5.29. The van der Waals surface area contributed by atoms with Crippen molar-refractivity contribution >= 4 is 8.32 Å². The van der Waals surface area contributed by atoms with Gasteiger partial charge in [0.1, 0.15) is 0 Å². The van der Waals surface area contributed by atoms with Crippen LogP contribution in [-0.2, 0) is 10.8 Å². The van der Waals surface area contributed by atoms with Crippen molar-refractivity contribution in [2.75, 3.05) is 0 Å². The molecule has 0 fully saturated rings. The lowest BCUT2D eigenvalue weighted by atomic mass is 10.1. The molecule has 1 aromatic rings. The summed E-state index contributed by atoms with van der Waals surface area (Å²) in [6, 6.07) is 10.3. The molecule has 0 bridgehead atoms. The van der Waals surface area contributed by atoms with Crippen LogP contribution in [0.2, 0.25) is 19.6 Å². The fourth-order valence-electron chi connectivity index (χ4n) is 1.45. The molecule has 1 rings (SSSR count). The molecule has 16 heavy (non-hydrogen) atoms. The SMILES string of the molecule is CCc1ccc(C(C#N)O[Si](C)(C)C)cc1. The lowest BCUT2D eigenvalue weighted by molar-refractivity contribution is 0.255. The molecule has 1 unspecified atom stereocenters. The minimum Gasteiger partial charge on any atom is -0.399 e. The van der Waals surface area contributed by atoms with E-state index < -0.39 is 14.4 Å². The van der Waals surface area contributed by atoms with Crippen molar-refractivity contribution in [3.63, 3.8) is 0 Å². The fraction of sp³-hybridized carbons (Fsp3) is 0.462. The van der Waals surface area contributed by atoms with Crippen molar-refractivity contribution in [3.05, 3.63) is 35.4 Å². The highest BCUT2D eigenvalue weighted by Crippen LogP contribution is 2.22. The Kier molecular flexibility index (Phi) is 4.28. The molecule has 0 aliphatic rings. The molecule has 0 saturated carbocycles. The van der Waals surface area contributed by atoms with Crippen LogP contribution in [0.3, 0.4) is 0 Å². The maximum atomic E-state index is 9.12. The van der Waals surface area contributed by atoms with E-state index in [1.807, 2.05) is 12.1 Å². The van der Waals surface area contributed by atoms with Crippen LogP contribution in [0, 0.1) is 11.3 Å². The van der Waals surface area contributed by atoms with Gasteiger partial charge < -0.3 is 4.43 Å². The monoisotopic (exact) mass is 233 g/mol. The van der Waals surface area contributed by atoms with E-state index in [0.717, 1.165) is 12.0 Å². The number of hydrogen-bond acceptors (Lipinski definition) is 2. The molecule has 86 valence electrons. The number of rotatable bonds is 4. The molecule has 0 spiro atoms. The molecular formula is C13H19NOSi. The van der Waals surface area contributed by atoms with E-state index in [0.29, 0.717) is 0 Å². The summed E-state index contributed by atoms with van der Waals surface area (Å²) < 4.78 is 5.82. The summed E-state index contributed by atoms with van der Waals surface area (Å²) in [5.41, 5.74) is 2.25. The molecule has 0 heterocycles. The van der Waals surface area contributed by atoms with Crippen LogP contribution in [0.15, 0.2) is 24.3 Å². The minimum absolute atomic E-state index is 0.419. The van der Waals surface area contributed by atoms with Crippen LogP contribution in [-0.4, -0.2) is 8.32 Å². The van der Waals surface area contributed by atoms with Gasteiger partial charge in [-0.25, -0.2) is 0 Å². The van der Waals surface area contributed by atoms with Crippen LogP contribution in [0.25, 0.3) is 0 Å². The van der Waals surface area contributed by atoms with Crippen molar-refractivity contribution in [1.29, 1.82) is 5.26 Å². The molecule has 2 nitrogen and oxygen atoms in total. The predicted octanol–water partition coefficient (Wildman–Crippen LogP) is 3.67. The first-order chi connectivity index (χ1) is 7.46. The van der Waals surface area contributed by atoms with E-state index in [1.54, 1.807) is 0 Å². The zero-order chi connectivity index (χ0) is 12.2. The van der Waals surface area contributed by atoms with E-state index >= 15 is 0 Å². The Morgan fingerprint density at radius 3 is 2.19 bits per heavy atom. The third-order valence-corrected chi connectivity index (χ3v) is 3.22. The summed E-state index contributed by atoms with van der Waals surface area (Å²) in [5.74, 6) is 0. The largest absolute Gasteiger partial charge is 0.399 e. The lowest BCUT2D eigenvalue weighted by Crippen LogP contribution is -2.27. The van der Waals surface area contributed by atoms with Gasteiger partial charge in [-0.15, -0.1) is 0 Å². The zero-order valence-corrected chi connectivity index (χ0v) is 11.4. The van der Waals surface area contributed by atoms with E-state index in [9.17, 15) is 0 Å². The summed E-state index contributed by atoms with van der Waals surface area (Å²) in [4.78, 5) is 0. The van der Waals surface area contributed by atoms with Gasteiger partial charge in [-0.1, -0.05) is 31.2 Å². The van der Waals surface area contributed by atoms with Gasteiger partial charge in [0.05, 0.1) is 6.07 Å². The van der Waals surface area contributed by atoms with Crippen LogP contribution in [0.1, 0.15) is 24.2 Å². The molecule has 0 amide bonds. The summed E-state index contributed by atoms with van der Waals surface area (Å²) >= 11 is 0. The fourth-order valence-corrected chi connectivity index (χ4v) is 2.35. The molecule has 0 saturated heterocycles. The van der Waals surface area contributed by atoms with E-state index in [2.05, 4.69) is 44.8 Å². The van der Waals surface area contributed by atoms with E-state index in [4.69, 9.17) is 9.69 Å². The Bertz CT molecular complexity index is 372. The summed E-state index contributed by atoms with van der Waals surface area (Å²) in [6.45, 7) is 8.41. The number of benzene rings is 1. The second-order valence-electron chi connectivity index (χ2n) is 4.83. The maximum absolute atomic E-state index is 9.12. The highest BCUT2D eigenvalue weighted by molar-refractivity contribution is 6.69. The highest BCUT2D eigenvalue weighted by Gasteiger charge is 2.21. The van der Waals surface area contributed by atoms with Gasteiger partial charge in [-0.3, -0.25) is 0 Å². The van der Waals surface area contributed by atoms with Crippen LogP contribution >= 0.6 is 0 Å². The molecule has 3 heteroatoms. The Morgan fingerprint density at radius 2 is 1.81 bits per heavy atom. The average Bonchev–Trinajstić information content (AvgIpc) is 2.25. The third-order valence-electron chi connectivity index (χ3n) is 2.28. The second-order valence-corrected chi connectivity index (χ2v) is 9.29. The van der Waals surface area contributed by atoms with E-state index in [-0.39, 0.29) is 0 Å². The molecule has 0 aromatic heterocycles. The molecule has 0 aliphatic carbocycles. The van der Waals surface area contributed by atoms with Gasteiger partial charge in [0.2, 0.25) is 0 Å². The standard InChI is InChI=1S/C13H19NOSi/c1-5-11-6-8-12(9-7-11)13(10-14)15-16(2,3)4/h6-9,13H,5H2,1-4H3. The molecule has 0 N–H and O–H groups in total. The van der Waals surface area contributed by atoms with Crippen molar-refractivity contribution in [3.8, 4) is 6.07 Å². The molecule has 1 aromatic carbocycles. The number of nitriles is 1. The normalized spacial score (nSPS) is 13.2. The topological polar surface area (TPSA) is 33.0 Å². The summed E-state index contributed by atoms with van der Waals surface area (Å²) in [7, 11) is -1.67. The van der Waals surface area contributed by atoms with Gasteiger partial charge in [0, 0.05) is 0 Å². The average molecular weight is 233 g/mol. The number of aryl methyl sites for hydroxylation is 1. The first-order valence-electron chi connectivity index (χ1n) is 5.62. The summed E-state index contributed by atoms with van der Waals surface area (Å²) in [5, 5.41) is 9.12. The third kappa shape index (κ3) is 3.80. The predicted molar refractivity (Wildman–Crippen MR) is 68.6 cm³/mol. The Hall–Kier alpha value is -1.11. The molecule has 1 atom stereocenters. The van der Waals surface area contributed by atoms with E-state index in [1.165, 1.54) is 5.56 Å². The molecule has 0 radical (unpaired) electrons. The van der Waals surface area contributed by atoms with Gasteiger partial charge in [-0.05, 0) is 37.2 Å². The number of hydrogen-bond donors (Lipinski definition) is 0. The minimum atomic E-state index is -1.67. The first kappa shape index (κ1) is 13.0. The lowest BCUT2D eigenvalue weighted by Gasteiger charge is -2.21. The smallest absolute Gasteiger partial charge is 0.186 e. The maximum Gasteiger partial charge on any atom is 0.186 e.